The highest BCUT2D eigenvalue weighted by Crippen LogP contribution is 2.10. The first-order valence-corrected chi connectivity index (χ1v) is 5.86. The third-order valence-electron chi connectivity index (χ3n) is 2.87. The van der Waals surface area contributed by atoms with Crippen molar-refractivity contribution >= 4 is 23.1 Å². The molecule has 2 fully saturated rings. The van der Waals surface area contributed by atoms with Crippen LogP contribution < -0.4 is 0 Å². The maximum Gasteiger partial charge on any atom is 0.281 e. The lowest BCUT2D eigenvalue weighted by atomic mass is 10.4. The van der Waals surface area contributed by atoms with Crippen LogP contribution in [0.25, 0.3) is 0 Å². The molecule has 0 saturated carbocycles. The molecular weight excluding hydrogens is 212 g/mol. The number of hydrogen-bond acceptors (Lipinski definition) is 3. The van der Waals surface area contributed by atoms with Crippen LogP contribution in [0.3, 0.4) is 0 Å². The topological polar surface area (TPSA) is 32.8 Å². The molecule has 0 spiro atoms. The Morgan fingerprint density at radius 1 is 1.00 bits per heavy atom. The van der Waals surface area contributed by atoms with Crippen molar-refractivity contribution in [2.24, 2.45) is 0 Å². The zero-order valence-corrected chi connectivity index (χ0v) is 9.59. The zero-order chi connectivity index (χ0) is 10.7. The predicted octanol–water partition coefficient (Wildman–Crippen LogP) is 0.268. The van der Waals surface area contributed by atoms with Gasteiger partial charge in [-0.2, -0.15) is 0 Å². The van der Waals surface area contributed by atoms with Crippen LogP contribution in [0.2, 0.25) is 0 Å². The van der Waals surface area contributed by atoms with Gasteiger partial charge in [0.1, 0.15) is 0 Å². The van der Waals surface area contributed by atoms with Crippen LogP contribution in [-0.4, -0.2) is 60.1 Å². The fraction of sp³-hybridized carbons (Fsp3) is 0.800. The first kappa shape index (κ1) is 10.8. The van der Waals surface area contributed by atoms with E-state index in [0.29, 0.717) is 18.2 Å². The molecule has 0 N–H and O–H groups in total. The Hall–Kier alpha value is -0.680. The van der Waals surface area contributed by atoms with Crippen LogP contribution >= 0.6 is 12.2 Å². The van der Waals surface area contributed by atoms with Gasteiger partial charge in [-0.25, -0.2) is 0 Å². The van der Waals surface area contributed by atoms with Crippen LogP contribution in [0.5, 0.6) is 0 Å². The molecule has 0 aromatic rings. The molecule has 0 aromatic heterocycles. The van der Waals surface area contributed by atoms with E-state index in [1.165, 1.54) is 0 Å². The number of amides is 1. The molecule has 4 nitrogen and oxygen atoms in total. The number of rotatable bonds is 0. The quantitative estimate of drug-likeness (QED) is 0.557. The smallest absolute Gasteiger partial charge is 0.281 e. The average molecular weight is 228 g/mol. The van der Waals surface area contributed by atoms with E-state index in [1.54, 1.807) is 0 Å². The number of likely N-dealkylation sites (tertiary alicyclic amines) is 1. The van der Waals surface area contributed by atoms with Crippen molar-refractivity contribution in [2.45, 2.75) is 12.8 Å². The van der Waals surface area contributed by atoms with Gasteiger partial charge in [0.2, 0.25) is 0 Å². The molecular formula is C10H16N2O2S. The third-order valence-corrected chi connectivity index (χ3v) is 3.31. The number of carbonyl (C=O) groups is 1. The van der Waals surface area contributed by atoms with E-state index in [9.17, 15) is 4.79 Å². The van der Waals surface area contributed by atoms with Gasteiger partial charge in [-0.15, -0.1) is 0 Å². The second-order valence-corrected chi connectivity index (χ2v) is 4.29. The fourth-order valence-corrected chi connectivity index (χ4v) is 2.27. The van der Waals surface area contributed by atoms with Crippen molar-refractivity contribution in [2.75, 3.05) is 39.4 Å². The van der Waals surface area contributed by atoms with Crippen LogP contribution in [0, 0.1) is 0 Å². The second-order valence-electron chi connectivity index (χ2n) is 3.90. The highest BCUT2D eigenvalue weighted by atomic mass is 32.1. The van der Waals surface area contributed by atoms with Gasteiger partial charge >= 0.3 is 0 Å². The fourth-order valence-electron chi connectivity index (χ4n) is 1.96. The zero-order valence-electron chi connectivity index (χ0n) is 8.78. The molecule has 2 aliphatic rings. The summed E-state index contributed by atoms with van der Waals surface area (Å²) in [6.07, 6.45) is 2.22. The maximum absolute atomic E-state index is 11.9. The number of nitrogens with zero attached hydrogens (tertiary/aromatic N) is 2. The van der Waals surface area contributed by atoms with Gasteiger partial charge in [0.25, 0.3) is 5.91 Å². The summed E-state index contributed by atoms with van der Waals surface area (Å²) in [4.78, 5) is 16.2. The number of hydrogen-bond donors (Lipinski definition) is 0. The molecule has 1 amide bonds. The Kier molecular flexibility index (Phi) is 3.53. The van der Waals surface area contributed by atoms with E-state index < -0.39 is 0 Å². The van der Waals surface area contributed by atoms with Crippen molar-refractivity contribution in [3.63, 3.8) is 0 Å². The summed E-state index contributed by atoms with van der Waals surface area (Å²) in [5.74, 6) is 0.0319. The van der Waals surface area contributed by atoms with Gasteiger partial charge in [-0.05, 0) is 12.8 Å². The largest absolute Gasteiger partial charge is 0.378 e. The molecule has 0 bridgehead atoms. The molecule has 0 unspecified atom stereocenters. The molecule has 2 aliphatic heterocycles. The standard InChI is InChI=1S/C10H16N2O2S/c13-9(11-3-1-2-4-11)10(15)12-5-7-14-8-6-12/h1-8H2. The van der Waals surface area contributed by atoms with E-state index in [2.05, 4.69) is 0 Å². The minimum Gasteiger partial charge on any atom is -0.378 e. The van der Waals surface area contributed by atoms with Gasteiger partial charge < -0.3 is 14.5 Å². The molecule has 2 rings (SSSR count). The molecule has 0 aliphatic carbocycles. The lowest BCUT2D eigenvalue weighted by Gasteiger charge is -2.30. The molecule has 0 aromatic carbocycles. The average Bonchev–Trinajstić information content (AvgIpc) is 2.82. The number of ether oxygens (including phenoxy) is 1. The van der Waals surface area contributed by atoms with Crippen LogP contribution in [-0.2, 0) is 9.53 Å². The van der Waals surface area contributed by atoms with Gasteiger partial charge in [-0.1, -0.05) is 12.2 Å². The summed E-state index contributed by atoms with van der Waals surface area (Å²) in [7, 11) is 0. The third kappa shape index (κ3) is 2.46. The van der Waals surface area contributed by atoms with Gasteiger partial charge in [0, 0.05) is 26.2 Å². The summed E-state index contributed by atoms with van der Waals surface area (Å²) in [6, 6.07) is 0. The van der Waals surface area contributed by atoms with E-state index in [-0.39, 0.29) is 5.91 Å². The molecule has 15 heavy (non-hydrogen) atoms. The summed E-state index contributed by atoms with van der Waals surface area (Å²) in [5, 5.41) is 0. The summed E-state index contributed by atoms with van der Waals surface area (Å²) < 4.78 is 5.23. The van der Waals surface area contributed by atoms with Crippen molar-refractivity contribution in [3.05, 3.63) is 0 Å². The van der Waals surface area contributed by atoms with E-state index in [4.69, 9.17) is 17.0 Å². The normalized spacial score (nSPS) is 21.9. The maximum atomic E-state index is 11.9. The second kappa shape index (κ2) is 4.90. The number of carbonyl (C=O) groups excluding carboxylic acids is 1. The SMILES string of the molecule is O=C(C(=S)N1CCOCC1)N1CCCC1. The molecule has 2 heterocycles. The van der Waals surface area contributed by atoms with Crippen molar-refractivity contribution < 1.29 is 9.53 Å². The van der Waals surface area contributed by atoms with Crippen molar-refractivity contribution in [1.82, 2.24) is 9.80 Å². The monoisotopic (exact) mass is 228 g/mol. The molecule has 84 valence electrons. The van der Waals surface area contributed by atoms with E-state index >= 15 is 0 Å². The summed E-state index contributed by atoms with van der Waals surface area (Å²) in [5.41, 5.74) is 0. The van der Waals surface area contributed by atoms with Crippen molar-refractivity contribution in [3.8, 4) is 0 Å². The van der Waals surface area contributed by atoms with Gasteiger partial charge in [0.05, 0.1) is 13.2 Å². The first-order chi connectivity index (χ1) is 7.29. The van der Waals surface area contributed by atoms with Crippen LogP contribution in [0.1, 0.15) is 12.8 Å². The predicted molar refractivity (Wildman–Crippen MR) is 60.8 cm³/mol. The number of thiocarbonyl (C=S) groups is 1. The highest BCUT2D eigenvalue weighted by Gasteiger charge is 2.26. The molecule has 2 saturated heterocycles. The van der Waals surface area contributed by atoms with Crippen molar-refractivity contribution in [1.29, 1.82) is 0 Å². The highest BCUT2D eigenvalue weighted by molar-refractivity contribution is 7.81. The Balaban J connectivity index is 1.90. The lowest BCUT2D eigenvalue weighted by molar-refractivity contribution is -0.123. The minimum absolute atomic E-state index is 0.0319. The van der Waals surface area contributed by atoms with Crippen LogP contribution in [0.4, 0.5) is 0 Å². The summed E-state index contributed by atoms with van der Waals surface area (Å²) >= 11 is 5.21. The van der Waals surface area contributed by atoms with Gasteiger partial charge in [0.15, 0.2) is 4.99 Å². The van der Waals surface area contributed by atoms with Gasteiger partial charge in [-0.3, -0.25) is 4.79 Å². The molecule has 0 atom stereocenters. The van der Waals surface area contributed by atoms with E-state index in [1.807, 2.05) is 9.80 Å². The first-order valence-electron chi connectivity index (χ1n) is 5.45. The van der Waals surface area contributed by atoms with E-state index in [0.717, 1.165) is 39.0 Å². The summed E-state index contributed by atoms with van der Waals surface area (Å²) in [6.45, 7) is 4.57. The Morgan fingerprint density at radius 2 is 1.60 bits per heavy atom. The number of morpholine rings is 1. The Labute approximate surface area is 95.2 Å². The lowest BCUT2D eigenvalue weighted by Crippen LogP contribution is -2.47. The minimum atomic E-state index is 0.0319. The Bertz CT molecular complexity index is 258. The van der Waals surface area contributed by atoms with Crippen LogP contribution in [0.15, 0.2) is 0 Å². The molecule has 0 radical (unpaired) electrons. The molecule has 5 heteroatoms. The Morgan fingerprint density at radius 3 is 2.20 bits per heavy atom.